The number of pyridine rings is 1. The SMILES string of the molecule is CN(CCC[C@H]1CCCO1)C(=O)c1cnc(-c2cccnc2)nc1. The molecule has 1 atom stereocenters. The summed E-state index contributed by atoms with van der Waals surface area (Å²) >= 11 is 0. The summed E-state index contributed by atoms with van der Waals surface area (Å²) < 4.78 is 5.61. The highest BCUT2D eigenvalue weighted by atomic mass is 16.5. The highest BCUT2D eigenvalue weighted by Crippen LogP contribution is 2.17. The van der Waals surface area contributed by atoms with Crippen LogP contribution in [0.2, 0.25) is 0 Å². The lowest BCUT2D eigenvalue weighted by Crippen LogP contribution is -2.28. The number of hydrogen-bond acceptors (Lipinski definition) is 5. The van der Waals surface area contributed by atoms with Gasteiger partial charge in [-0.2, -0.15) is 0 Å². The van der Waals surface area contributed by atoms with E-state index in [1.54, 1.807) is 29.7 Å². The van der Waals surface area contributed by atoms with Crippen LogP contribution in [0.5, 0.6) is 0 Å². The van der Waals surface area contributed by atoms with E-state index in [2.05, 4.69) is 15.0 Å². The van der Waals surface area contributed by atoms with E-state index in [1.165, 1.54) is 0 Å². The first-order valence-corrected chi connectivity index (χ1v) is 8.33. The van der Waals surface area contributed by atoms with Crippen LogP contribution >= 0.6 is 0 Å². The molecule has 0 aromatic carbocycles. The van der Waals surface area contributed by atoms with Crippen LogP contribution in [0.1, 0.15) is 36.0 Å². The Labute approximate surface area is 141 Å². The van der Waals surface area contributed by atoms with Gasteiger partial charge in [-0.05, 0) is 37.8 Å². The van der Waals surface area contributed by atoms with E-state index in [1.807, 2.05) is 19.2 Å². The third-order valence-electron chi connectivity index (χ3n) is 4.21. The minimum absolute atomic E-state index is 0.0555. The maximum absolute atomic E-state index is 12.4. The number of amides is 1. The molecule has 0 bridgehead atoms. The van der Waals surface area contributed by atoms with Crippen LogP contribution in [0.4, 0.5) is 0 Å². The van der Waals surface area contributed by atoms with Gasteiger partial charge in [-0.25, -0.2) is 9.97 Å². The molecule has 2 aromatic rings. The second kappa shape index (κ2) is 7.97. The van der Waals surface area contributed by atoms with Gasteiger partial charge in [0.25, 0.3) is 5.91 Å². The van der Waals surface area contributed by atoms with Gasteiger partial charge in [-0.1, -0.05) is 0 Å². The third-order valence-corrected chi connectivity index (χ3v) is 4.21. The quantitative estimate of drug-likeness (QED) is 0.816. The monoisotopic (exact) mass is 326 g/mol. The van der Waals surface area contributed by atoms with E-state index in [-0.39, 0.29) is 5.91 Å². The summed E-state index contributed by atoms with van der Waals surface area (Å²) in [5.74, 6) is 0.515. The Morgan fingerprint density at radius 2 is 2.17 bits per heavy atom. The average Bonchev–Trinajstić information content (AvgIpc) is 3.15. The average molecular weight is 326 g/mol. The van der Waals surface area contributed by atoms with Gasteiger partial charge in [-0.15, -0.1) is 0 Å². The zero-order chi connectivity index (χ0) is 16.8. The Balaban J connectivity index is 1.54. The first-order chi connectivity index (χ1) is 11.7. The Morgan fingerprint density at radius 1 is 1.33 bits per heavy atom. The summed E-state index contributed by atoms with van der Waals surface area (Å²) in [5.41, 5.74) is 1.34. The van der Waals surface area contributed by atoms with Crippen molar-refractivity contribution < 1.29 is 9.53 Å². The molecule has 0 N–H and O–H groups in total. The number of aromatic nitrogens is 3. The first-order valence-electron chi connectivity index (χ1n) is 8.33. The molecular formula is C18H22N4O2. The molecule has 3 heterocycles. The van der Waals surface area contributed by atoms with E-state index >= 15 is 0 Å². The highest BCUT2D eigenvalue weighted by molar-refractivity contribution is 5.93. The number of ether oxygens (including phenoxy) is 1. The molecular weight excluding hydrogens is 304 g/mol. The van der Waals surface area contributed by atoms with Crippen molar-refractivity contribution in [3.05, 3.63) is 42.5 Å². The van der Waals surface area contributed by atoms with Crippen molar-refractivity contribution in [1.82, 2.24) is 19.9 Å². The smallest absolute Gasteiger partial charge is 0.256 e. The molecule has 2 aromatic heterocycles. The fourth-order valence-electron chi connectivity index (χ4n) is 2.83. The lowest BCUT2D eigenvalue weighted by Gasteiger charge is -2.18. The van der Waals surface area contributed by atoms with Crippen LogP contribution in [0, 0.1) is 0 Å². The second-order valence-corrected chi connectivity index (χ2v) is 6.04. The summed E-state index contributed by atoms with van der Waals surface area (Å²) in [4.78, 5) is 26.7. The van der Waals surface area contributed by atoms with E-state index in [4.69, 9.17) is 4.74 Å². The van der Waals surface area contributed by atoms with Crippen molar-refractivity contribution in [2.45, 2.75) is 31.8 Å². The molecule has 6 heteroatoms. The first kappa shape index (κ1) is 16.5. The van der Waals surface area contributed by atoms with Gasteiger partial charge in [-0.3, -0.25) is 9.78 Å². The highest BCUT2D eigenvalue weighted by Gasteiger charge is 2.17. The van der Waals surface area contributed by atoms with Crippen LogP contribution < -0.4 is 0 Å². The van der Waals surface area contributed by atoms with Crippen molar-refractivity contribution in [2.75, 3.05) is 20.2 Å². The molecule has 0 spiro atoms. The number of carbonyl (C=O) groups excluding carboxylic acids is 1. The van der Waals surface area contributed by atoms with E-state index < -0.39 is 0 Å². The summed E-state index contributed by atoms with van der Waals surface area (Å²) in [5, 5.41) is 0. The maximum atomic E-state index is 12.4. The summed E-state index contributed by atoms with van der Waals surface area (Å²) in [6, 6.07) is 3.72. The molecule has 1 amide bonds. The zero-order valence-corrected chi connectivity index (χ0v) is 13.9. The molecule has 24 heavy (non-hydrogen) atoms. The standard InChI is InChI=1S/C18H22N4O2/c1-22(9-3-6-16-7-4-10-24-16)18(23)15-12-20-17(21-13-15)14-5-2-8-19-11-14/h2,5,8,11-13,16H,3-4,6-7,9-10H2,1H3/t16-/m0/s1. The lowest BCUT2D eigenvalue weighted by molar-refractivity contribution is 0.0762. The van der Waals surface area contributed by atoms with Gasteiger partial charge in [0.15, 0.2) is 5.82 Å². The third kappa shape index (κ3) is 4.14. The lowest BCUT2D eigenvalue weighted by atomic mass is 10.1. The molecule has 126 valence electrons. The van der Waals surface area contributed by atoms with Crippen molar-refractivity contribution in [2.24, 2.45) is 0 Å². The fraction of sp³-hybridized carbons (Fsp3) is 0.444. The van der Waals surface area contributed by atoms with Crippen molar-refractivity contribution in [3.8, 4) is 11.4 Å². The minimum Gasteiger partial charge on any atom is -0.378 e. The van der Waals surface area contributed by atoms with Gasteiger partial charge in [0, 0.05) is 50.6 Å². The summed E-state index contributed by atoms with van der Waals surface area (Å²) in [7, 11) is 1.81. The summed E-state index contributed by atoms with van der Waals surface area (Å²) in [6.45, 7) is 1.59. The Morgan fingerprint density at radius 3 is 2.83 bits per heavy atom. The molecule has 1 aliphatic heterocycles. The van der Waals surface area contributed by atoms with Crippen molar-refractivity contribution in [1.29, 1.82) is 0 Å². The fourth-order valence-corrected chi connectivity index (χ4v) is 2.83. The topological polar surface area (TPSA) is 68.2 Å². The molecule has 1 aliphatic rings. The van der Waals surface area contributed by atoms with Gasteiger partial charge in [0.2, 0.25) is 0 Å². The molecule has 0 saturated carbocycles. The number of nitrogens with zero attached hydrogens (tertiary/aromatic N) is 4. The Bertz CT molecular complexity index is 654. The van der Waals surface area contributed by atoms with Crippen LogP contribution in [-0.2, 0) is 4.74 Å². The van der Waals surface area contributed by atoms with Gasteiger partial charge >= 0.3 is 0 Å². The molecule has 0 unspecified atom stereocenters. The minimum atomic E-state index is -0.0555. The van der Waals surface area contributed by atoms with Crippen LogP contribution in [0.3, 0.4) is 0 Å². The van der Waals surface area contributed by atoms with Crippen LogP contribution in [0.15, 0.2) is 36.9 Å². The van der Waals surface area contributed by atoms with Crippen molar-refractivity contribution >= 4 is 5.91 Å². The van der Waals surface area contributed by atoms with Crippen LogP contribution in [0.25, 0.3) is 11.4 Å². The van der Waals surface area contributed by atoms with Crippen molar-refractivity contribution in [3.63, 3.8) is 0 Å². The van der Waals surface area contributed by atoms with Gasteiger partial charge in [0.05, 0.1) is 11.7 Å². The number of carbonyl (C=O) groups is 1. The normalized spacial score (nSPS) is 17.0. The largest absolute Gasteiger partial charge is 0.378 e. The Hall–Kier alpha value is -2.34. The molecule has 0 radical (unpaired) electrons. The summed E-state index contributed by atoms with van der Waals surface area (Å²) in [6.07, 6.45) is 11.2. The molecule has 1 saturated heterocycles. The van der Waals surface area contributed by atoms with Gasteiger partial charge in [0.1, 0.15) is 0 Å². The molecule has 6 nitrogen and oxygen atoms in total. The number of rotatable bonds is 6. The van der Waals surface area contributed by atoms with E-state index in [0.717, 1.165) is 37.9 Å². The predicted octanol–water partition coefficient (Wildman–Crippen LogP) is 2.57. The van der Waals surface area contributed by atoms with E-state index in [9.17, 15) is 4.79 Å². The molecule has 1 fully saturated rings. The van der Waals surface area contributed by atoms with E-state index in [0.29, 0.717) is 24.0 Å². The number of hydrogen-bond donors (Lipinski definition) is 0. The molecule has 0 aliphatic carbocycles. The predicted molar refractivity (Wildman–Crippen MR) is 90.4 cm³/mol. The maximum Gasteiger partial charge on any atom is 0.256 e. The Kier molecular flexibility index (Phi) is 5.48. The van der Waals surface area contributed by atoms with Crippen LogP contribution in [-0.4, -0.2) is 52.1 Å². The molecule has 3 rings (SSSR count). The zero-order valence-electron chi connectivity index (χ0n) is 13.9. The second-order valence-electron chi connectivity index (χ2n) is 6.04. The van der Waals surface area contributed by atoms with Gasteiger partial charge < -0.3 is 9.64 Å².